The van der Waals surface area contributed by atoms with Gasteiger partial charge in [0.05, 0.1) is 26.2 Å². The molecule has 4 heteroatoms. The van der Waals surface area contributed by atoms with Crippen LogP contribution < -0.4 is 4.74 Å². The topological polar surface area (TPSA) is 35.5 Å². The van der Waals surface area contributed by atoms with Crippen molar-refractivity contribution in [2.24, 2.45) is 5.92 Å². The van der Waals surface area contributed by atoms with Gasteiger partial charge in [-0.05, 0) is 29.2 Å². The molecule has 0 spiro atoms. The Morgan fingerprint density at radius 3 is 1.97 bits per heavy atom. The van der Waals surface area contributed by atoms with Gasteiger partial charge < -0.3 is 9.47 Å². The van der Waals surface area contributed by atoms with E-state index >= 15 is 0 Å². The highest BCUT2D eigenvalue weighted by molar-refractivity contribution is 5.82. The second kappa shape index (κ2) is 10.4. The monoisotopic (exact) mass is 456 g/mol. The molecule has 0 radical (unpaired) electrons. The number of fused-ring (bicyclic) bond motifs is 3. The van der Waals surface area contributed by atoms with Gasteiger partial charge in [-0.1, -0.05) is 78.9 Å². The van der Waals surface area contributed by atoms with Crippen molar-refractivity contribution in [3.63, 3.8) is 0 Å². The van der Waals surface area contributed by atoms with Crippen molar-refractivity contribution in [3.05, 3.63) is 102 Å². The molecule has 0 N–H and O–H groups in total. The van der Waals surface area contributed by atoms with E-state index in [0.717, 1.165) is 53.8 Å². The van der Waals surface area contributed by atoms with Crippen LogP contribution in [0.1, 0.15) is 42.7 Å². The van der Waals surface area contributed by atoms with E-state index in [-0.39, 0.29) is 12.2 Å². The minimum Gasteiger partial charge on any atom is -0.493 e. The van der Waals surface area contributed by atoms with Crippen LogP contribution in [0, 0.1) is 5.92 Å². The van der Waals surface area contributed by atoms with Gasteiger partial charge in [0.15, 0.2) is 0 Å². The Bertz CT molecular complexity index is 1010. The quantitative estimate of drug-likeness (QED) is 0.232. The Kier molecular flexibility index (Phi) is 6.96. The molecule has 3 aliphatic rings. The Balaban J connectivity index is 1.29. The minimum atomic E-state index is -0.398. The second-order valence-corrected chi connectivity index (χ2v) is 9.73. The predicted molar refractivity (Wildman–Crippen MR) is 133 cm³/mol. The van der Waals surface area contributed by atoms with Gasteiger partial charge in [0, 0.05) is 25.7 Å². The molecule has 34 heavy (non-hydrogen) atoms. The van der Waals surface area contributed by atoms with E-state index in [1.54, 1.807) is 0 Å². The van der Waals surface area contributed by atoms with Gasteiger partial charge in [-0.2, -0.15) is 0 Å². The maximum absolute atomic E-state index is 13.7. The lowest BCUT2D eigenvalue weighted by atomic mass is 9.84. The molecule has 1 atom stereocenters. The van der Waals surface area contributed by atoms with Gasteiger partial charge in [-0.15, -0.1) is 0 Å². The summed E-state index contributed by atoms with van der Waals surface area (Å²) in [6.45, 7) is 3.86. The van der Waals surface area contributed by atoms with Gasteiger partial charge in [0.25, 0.3) is 0 Å². The predicted octanol–water partition coefficient (Wildman–Crippen LogP) is 5.79. The van der Waals surface area contributed by atoms with Crippen molar-refractivity contribution in [2.45, 2.75) is 37.8 Å². The van der Waals surface area contributed by atoms with Crippen molar-refractivity contribution in [1.29, 1.82) is 0 Å². The zero-order valence-corrected chi connectivity index (χ0v) is 19.7. The Hall–Kier alpha value is -3.11. The summed E-state index contributed by atoms with van der Waals surface area (Å²) >= 11 is 0. The number of carbonyl (C=O) groups is 1. The standard InChI is InChI=1S/C30H34NO3/c32-30(29(25-11-4-1-5-12-25)26-13-6-2-7-14-26)34-28-23-24-17-20-31(28,21-18-24)19-10-22-33-27-15-8-3-9-16-27/h1-9,11-16,24,28-29H,10,17-23H2/q+1/t24?,28-,31?/m1/s1. The largest absolute Gasteiger partial charge is 0.493 e. The average Bonchev–Trinajstić information content (AvgIpc) is 2.90. The highest BCUT2D eigenvalue weighted by Crippen LogP contribution is 2.40. The number of piperidine rings is 3. The number of nitrogens with zero attached hydrogens (tertiary/aromatic N) is 1. The molecule has 3 aromatic rings. The van der Waals surface area contributed by atoms with E-state index in [1.807, 2.05) is 91.0 Å². The fourth-order valence-corrected chi connectivity index (χ4v) is 5.74. The van der Waals surface area contributed by atoms with Crippen molar-refractivity contribution in [3.8, 4) is 5.75 Å². The number of esters is 1. The number of quaternary nitrogens is 1. The molecule has 176 valence electrons. The van der Waals surface area contributed by atoms with Crippen LogP contribution in [-0.4, -0.2) is 42.9 Å². The number of para-hydroxylation sites is 1. The van der Waals surface area contributed by atoms with Crippen LogP contribution in [0.3, 0.4) is 0 Å². The summed E-state index contributed by atoms with van der Waals surface area (Å²) in [4.78, 5) is 13.7. The summed E-state index contributed by atoms with van der Waals surface area (Å²) in [5.41, 5.74) is 1.97. The van der Waals surface area contributed by atoms with E-state index in [1.165, 1.54) is 12.8 Å². The second-order valence-electron chi connectivity index (χ2n) is 9.73. The third kappa shape index (κ3) is 5.02. The van der Waals surface area contributed by atoms with E-state index < -0.39 is 5.92 Å². The zero-order chi connectivity index (χ0) is 23.2. The van der Waals surface area contributed by atoms with Crippen LogP contribution in [0.25, 0.3) is 0 Å². The molecule has 0 saturated carbocycles. The van der Waals surface area contributed by atoms with Crippen molar-refractivity contribution >= 4 is 5.97 Å². The maximum atomic E-state index is 13.7. The zero-order valence-electron chi connectivity index (χ0n) is 19.7. The summed E-state index contributed by atoms with van der Waals surface area (Å²) in [6, 6.07) is 30.0. The van der Waals surface area contributed by atoms with E-state index in [9.17, 15) is 4.79 Å². The first-order valence-electron chi connectivity index (χ1n) is 12.6. The molecular weight excluding hydrogens is 422 g/mol. The first-order chi connectivity index (χ1) is 16.7. The van der Waals surface area contributed by atoms with Gasteiger partial charge in [0.1, 0.15) is 11.7 Å². The molecule has 3 heterocycles. The normalized spacial score (nSPS) is 23.6. The molecule has 0 aromatic heterocycles. The lowest BCUT2D eigenvalue weighted by Crippen LogP contribution is -2.65. The molecule has 4 nitrogen and oxygen atoms in total. The van der Waals surface area contributed by atoms with Crippen LogP contribution in [0.4, 0.5) is 0 Å². The van der Waals surface area contributed by atoms with Gasteiger partial charge in [-0.25, -0.2) is 0 Å². The van der Waals surface area contributed by atoms with Crippen LogP contribution in [0.2, 0.25) is 0 Å². The van der Waals surface area contributed by atoms with Crippen LogP contribution >= 0.6 is 0 Å². The molecule has 0 amide bonds. The molecule has 0 unspecified atom stereocenters. The Morgan fingerprint density at radius 1 is 0.824 bits per heavy atom. The first-order valence-corrected chi connectivity index (χ1v) is 12.6. The van der Waals surface area contributed by atoms with Crippen LogP contribution in [-0.2, 0) is 9.53 Å². The molecule has 2 bridgehead atoms. The van der Waals surface area contributed by atoms with Crippen LogP contribution in [0.5, 0.6) is 5.75 Å². The third-order valence-corrected chi connectivity index (χ3v) is 7.62. The molecule has 3 fully saturated rings. The van der Waals surface area contributed by atoms with Crippen molar-refractivity contribution in [2.75, 3.05) is 26.2 Å². The molecule has 3 aromatic carbocycles. The molecule has 0 aliphatic carbocycles. The van der Waals surface area contributed by atoms with Crippen molar-refractivity contribution in [1.82, 2.24) is 0 Å². The first kappa shape index (κ1) is 22.7. The lowest BCUT2D eigenvalue weighted by molar-refractivity contribution is -0.984. The highest BCUT2D eigenvalue weighted by Gasteiger charge is 2.49. The number of ether oxygens (including phenoxy) is 2. The number of rotatable bonds is 9. The Morgan fingerprint density at radius 2 is 1.38 bits per heavy atom. The summed E-state index contributed by atoms with van der Waals surface area (Å²) in [5.74, 6) is 1.06. The van der Waals surface area contributed by atoms with Gasteiger partial charge >= 0.3 is 5.97 Å². The Labute approximate surface area is 202 Å². The van der Waals surface area contributed by atoms with E-state index in [2.05, 4.69) is 0 Å². The highest BCUT2D eigenvalue weighted by atomic mass is 16.6. The number of carbonyl (C=O) groups excluding carboxylic acids is 1. The molecule has 3 aliphatic heterocycles. The summed E-state index contributed by atoms with van der Waals surface area (Å²) in [7, 11) is 0. The lowest BCUT2D eigenvalue weighted by Gasteiger charge is -2.53. The van der Waals surface area contributed by atoms with Crippen LogP contribution in [0.15, 0.2) is 91.0 Å². The van der Waals surface area contributed by atoms with Crippen molar-refractivity contribution < 1.29 is 18.8 Å². The maximum Gasteiger partial charge on any atom is 0.322 e. The van der Waals surface area contributed by atoms with E-state index in [4.69, 9.17) is 9.47 Å². The van der Waals surface area contributed by atoms with E-state index in [0.29, 0.717) is 12.5 Å². The van der Waals surface area contributed by atoms with Gasteiger partial charge in [-0.3, -0.25) is 9.28 Å². The third-order valence-electron chi connectivity index (χ3n) is 7.62. The number of benzene rings is 3. The summed E-state index contributed by atoms with van der Waals surface area (Å²) in [5, 5.41) is 0. The summed E-state index contributed by atoms with van der Waals surface area (Å²) < 4.78 is 13.2. The smallest absolute Gasteiger partial charge is 0.322 e. The fourth-order valence-electron chi connectivity index (χ4n) is 5.74. The molecule has 6 rings (SSSR count). The molecular formula is C30H34NO3+. The average molecular weight is 457 g/mol. The molecule has 3 saturated heterocycles. The SMILES string of the molecule is O=C(O[C@@H]1CC2CC[N+]1(CCCOc1ccccc1)CC2)C(c1ccccc1)c1ccccc1. The number of hydrogen-bond donors (Lipinski definition) is 0. The summed E-state index contributed by atoms with van der Waals surface area (Å²) in [6.07, 6.45) is 4.32. The number of hydrogen-bond acceptors (Lipinski definition) is 3. The fraction of sp³-hybridized carbons (Fsp3) is 0.367. The minimum absolute atomic E-state index is 0.0633. The van der Waals surface area contributed by atoms with Gasteiger partial charge in [0.2, 0.25) is 6.23 Å².